The van der Waals surface area contributed by atoms with Crippen molar-refractivity contribution in [3.8, 4) is 5.75 Å². The summed E-state index contributed by atoms with van der Waals surface area (Å²) >= 11 is 0. The zero-order valence-electron chi connectivity index (χ0n) is 15.2. The highest BCUT2D eigenvalue weighted by molar-refractivity contribution is 5.33. The Kier molecular flexibility index (Phi) is 8.40. The van der Waals surface area contributed by atoms with E-state index < -0.39 is 0 Å². The van der Waals surface area contributed by atoms with Crippen LogP contribution in [0, 0.1) is 6.92 Å². The Balaban J connectivity index is 1.77. The van der Waals surface area contributed by atoms with Crippen LogP contribution in [-0.2, 0) is 13.2 Å². The van der Waals surface area contributed by atoms with Crippen LogP contribution in [0.25, 0.3) is 0 Å². The number of unbranched alkanes of at least 4 members (excludes halogenated alkanes) is 4. The average Bonchev–Trinajstić information content (AvgIpc) is 2.60. The first-order valence-corrected chi connectivity index (χ1v) is 9.26. The molecule has 0 unspecified atom stereocenters. The number of hydrogen-bond acceptors (Lipinski definition) is 2. The maximum atomic E-state index is 6.05. The van der Waals surface area contributed by atoms with Gasteiger partial charge in [-0.2, -0.15) is 0 Å². The summed E-state index contributed by atoms with van der Waals surface area (Å²) in [7, 11) is 0. The number of benzene rings is 2. The zero-order chi connectivity index (χ0) is 17.0. The Morgan fingerprint density at radius 1 is 0.917 bits per heavy atom. The maximum Gasteiger partial charge on any atom is 0.124 e. The van der Waals surface area contributed by atoms with Gasteiger partial charge in [-0.3, -0.25) is 0 Å². The van der Waals surface area contributed by atoms with Gasteiger partial charge in [0.1, 0.15) is 12.4 Å². The molecule has 0 aliphatic carbocycles. The molecular weight excluding hydrogens is 294 g/mol. The Hall–Kier alpha value is -1.80. The number of para-hydroxylation sites is 1. The molecule has 0 saturated carbocycles. The van der Waals surface area contributed by atoms with Gasteiger partial charge in [0, 0.05) is 12.1 Å². The van der Waals surface area contributed by atoms with Crippen molar-refractivity contribution in [3.05, 3.63) is 65.2 Å². The molecule has 130 valence electrons. The minimum Gasteiger partial charge on any atom is -0.489 e. The molecule has 0 spiro atoms. The van der Waals surface area contributed by atoms with Gasteiger partial charge in [-0.15, -0.1) is 0 Å². The zero-order valence-corrected chi connectivity index (χ0v) is 15.2. The van der Waals surface area contributed by atoms with Crippen LogP contribution >= 0.6 is 0 Å². The topological polar surface area (TPSA) is 21.3 Å². The number of nitrogens with one attached hydrogen (secondary N) is 1. The third kappa shape index (κ3) is 6.76. The van der Waals surface area contributed by atoms with Crippen LogP contribution < -0.4 is 10.1 Å². The molecule has 0 bridgehead atoms. The van der Waals surface area contributed by atoms with Crippen molar-refractivity contribution in [1.29, 1.82) is 0 Å². The van der Waals surface area contributed by atoms with E-state index >= 15 is 0 Å². The highest BCUT2D eigenvalue weighted by Crippen LogP contribution is 2.19. The molecule has 2 nitrogen and oxygen atoms in total. The van der Waals surface area contributed by atoms with Crippen molar-refractivity contribution < 1.29 is 4.74 Å². The standard InChI is InChI=1S/C22H31NO/c1-3-4-5-6-9-15-23-17-21-13-7-8-14-22(21)24-18-20-12-10-11-19(2)16-20/h7-8,10-14,16,23H,3-6,9,15,17-18H2,1-2H3. The summed E-state index contributed by atoms with van der Waals surface area (Å²) in [6.45, 7) is 6.94. The summed E-state index contributed by atoms with van der Waals surface area (Å²) in [5.41, 5.74) is 3.72. The Bertz CT molecular complexity index is 594. The van der Waals surface area contributed by atoms with Gasteiger partial charge >= 0.3 is 0 Å². The Morgan fingerprint density at radius 2 is 1.75 bits per heavy atom. The molecular formula is C22H31NO. The van der Waals surface area contributed by atoms with Crippen LogP contribution in [0.3, 0.4) is 0 Å². The molecule has 0 heterocycles. The first kappa shape index (κ1) is 18.5. The molecule has 0 aliphatic heterocycles. The smallest absolute Gasteiger partial charge is 0.124 e. The van der Waals surface area contributed by atoms with Gasteiger partial charge in [0.25, 0.3) is 0 Å². The second kappa shape index (κ2) is 10.9. The van der Waals surface area contributed by atoms with Gasteiger partial charge in [-0.1, -0.05) is 80.6 Å². The van der Waals surface area contributed by atoms with E-state index in [9.17, 15) is 0 Å². The first-order chi connectivity index (χ1) is 11.8. The summed E-state index contributed by atoms with van der Waals surface area (Å²) in [5.74, 6) is 0.984. The van der Waals surface area contributed by atoms with Crippen molar-refractivity contribution in [2.24, 2.45) is 0 Å². The van der Waals surface area contributed by atoms with Crippen molar-refractivity contribution in [2.45, 2.75) is 59.1 Å². The van der Waals surface area contributed by atoms with E-state index in [2.05, 4.69) is 61.6 Å². The lowest BCUT2D eigenvalue weighted by Gasteiger charge is -2.12. The van der Waals surface area contributed by atoms with Crippen LogP contribution in [0.2, 0.25) is 0 Å². The van der Waals surface area contributed by atoms with E-state index in [1.54, 1.807) is 0 Å². The molecule has 2 aromatic carbocycles. The minimum absolute atomic E-state index is 0.621. The third-order valence-electron chi connectivity index (χ3n) is 4.22. The van der Waals surface area contributed by atoms with E-state index in [0.717, 1.165) is 18.8 Å². The second-order valence-corrected chi connectivity index (χ2v) is 6.48. The predicted molar refractivity (Wildman–Crippen MR) is 102 cm³/mol. The van der Waals surface area contributed by atoms with E-state index in [0.29, 0.717) is 6.61 Å². The quantitative estimate of drug-likeness (QED) is 0.540. The minimum atomic E-state index is 0.621. The van der Waals surface area contributed by atoms with Gasteiger partial charge in [0.15, 0.2) is 0 Å². The largest absolute Gasteiger partial charge is 0.489 e. The SMILES string of the molecule is CCCCCCCNCc1ccccc1OCc1cccc(C)c1. The molecule has 0 fully saturated rings. The van der Waals surface area contributed by atoms with Crippen LogP contribution in [0.4, 0.5) is 0 Å². The van der Waals surface area contributed by atoms with Gasteiger partial charge < -0.3 is 10.1 Å². The van der Waals surface area contributed by atoms with E-state index in [4.69, 9.17) is 4.74 Å². The lowest BCUT2D eigenvalue weighted by Crippen LogP contribution is -2.15. The van der Waals surface area contributed by atoms with Crippen molar-refractivity contribution in [1.82, 2.24) is 5.32 Å². The number of hydrogen-bond donors (Lipinski definition) is 1. The van der Waals surface area contributed by atoms with Crippen LogP contribution in [0.5, 0.6) is 5.75 Å². The summed E-state index contributed by atoms with van der Waals surface area (Å²) in [6, 6.07) is 16.8. The van der Waals surface area contributed by atoms with Crippen molar-refractivity contribution in [3.63, 3.8) is 0 Å². The summed E-state index contributed by atoms with van der Waals surface area (Å²) in [6.07, 6.45) is 6.60. The molecule has 2 rings (SSSR count). The molecule has 0 radical (unpaired) electrons. The molecule has 2 heteroatoms. The van der Waals surface area contributed by atoms with Crippen LogP contribution in [0.15, 0.2) is 48.5 Å². The van der Waals surface area contributed by atoms with Gasteiger partial charge in [-0.25, -0.2) is 0 Å². The Morgan fingerprint density at radius 3 is 2.58 bits per heavy atom. The Labute approximate surface area is 147 Å². The van der Waals surface area contributed by atoms with Crippen LogP contribution in [0.1, 0.15) is 55.7 Å². The van der Waals surface area contributed by atoms with E-state index in [-0.39, 0.29) is 0 Å². The van der Waals surface area contributed by atoms with Crippen molar-refractivity contribution in [2.75, 3.05) is 6.54 Å². The van der Waals surface area contributed by atoms with Gasteiger partial charge in [0.05, 0.1) is 0 Å². The fraction of sp³-hybridized carbons (Fsp3) is 0.455. The summed E-state index contributed by atoms with van der Waals surface area (Å²) in [5, 5.41) is 3.55. The normalized spacial score (nSPS) is 10.8. The number of aryl methyl sites for hydroxylation is 1. The first-order valence-electron chi connectivity index (χ1n) is 9.26. The molecule has 0 amide bonds. The molecule has 0 atom stereocenters. The predicted octanol–water partition coefficient (Wildman–Crippen LogP) is 5.63. The number of ether oxygens (including phenoxy) is 1. The molecule has 0 aliphatic rings. The molecule has 24 heavy (non-hydrogen) atoms. The third-order valence-corrected chi connectivity index (χ3v) is 4.22. The van der Waals surface area contributed by atoms with E-state index in [1.165, 1.54) is 48.8 Å². The lowest BCUT2D eigenvalue weighted by molar-refractivity contribution is 0.302. The average molecular weight is 325 g/mol. The summed E-state index contributed by atoms with van der Waals surface area (Å²) in [4.78, 5) is 0. The van der Waals surface area contributed by atoms with Crippen LogP contribution in [-0.4, -0.2) is 6.54 Å². The molecule has 2 aromatic rings. The number of rotatable bonds is 11. The monoisotopic (exact) mass is 325 g/mol. The van der Waals surface area contributed by atoms with E-state index in [1.807, 2.05) is 6.07 Å². The fourth-order valence-electron chi connectivity index (χ4n) is 2.83. The fourth-order valence-corrected chi connectivity index (χ4v) is 2.83. The lowest BCUT2D eigenvalue weighted by atomic mass is 10.1. The maximum absolute atomic E-state index is 6.05. The van der Waals surface area contributed by atoms with Gasteiger partial charge in [0.2, 0.25) is 0 Å². The second-order valence-electron chi connectivity index (χ2n) is 6.48. The van der Waals surface area contributed by atoms with Gasteiger partial charge in [-0.05, 0) is 31.5 Å². The van der Waals surface area contributed by atoms with Crippen molar-refractivity contribution >= 4 is 0 Å². The molecule has 0 aromatic heterocycles. The molecule has 0 saturated heterocycles. The highest BCUT2D eigenvalue weighted by Gasteiger charge is 2.03. The highest BCUT2D eigenvalue weighted by atomic mass is 16.5. The summed E-state index contributed by atoms with van der Waals surface area (Å²) < 4.78 is 6.05. The molecule has 1 N–H and O–H groups in total.